The van der Waals surface area contributed by atoms with E-state index in [1.807, 2.05) is 42.5 Å². The number of hydrogen-bond donors (Lipinski definition) is 1. The summed E-state index contributed by atoms with van der Waals surface area (Å²) in [6, 6.07) is 13.4. The summed E-state index contributed by atoms with van der Waals surface area (Å²) in [4.78, 5) is 0. The smallest absolute Gasteiger partial charge is 0.203 e. The fourth-order valence-electron chi connectivity index (χ4n) is 3.33. The second-order valence-electron chi connectivity index (χ2n) is 7.08. The van der Waals surface area contributed by atoms with Crippen LogP contribution in [0.2, 0.25) is 0 Å². The van der Waals surface area contributed by atoms with Crippen molar-refractivity contribution in [2.24, 2.45) is 5.92 Å². The van der Waals surface area contributed by atoms with Gasteiger partial charge in [-0.3, -0.25) is 0 Å². The maximum atomic E-state index is 6.21. The van der Waals surface area contributed by atoms with Gasteiger partial charge in [0.2, 0.25) is 5.75 Å². The van der Waals surface area contributed by atoms with E-state index in [-0.39, 0.29) is 12.2 Å². The lowest BCUT2D eigenvalue weighted by molar-refractivity contribution is -0.662. The minimum absolute atomic E-state index is 0.00398. The number of nitrogens with two attached hydrogens (primary N) is 1. The van der Waals surface area contributed by atoms with Crippen LogP contribution in [0.25, 0.3) is 0 Å². The molecule has 6 nitrogen and oxygen atoms in total. The number of quaternary nitrogens is 1. The Bertz CT molecular complexity index is 742. The molecule has 1 aliphatic heterocycles. The highest BCUT2D eigenvalue weighted by Gasteiger charge is 2.34. The molecule has 0 aliphatic carbocycles. The lowest BCUT2D eigenvalue weighted by Crippen LogP contribution is -2.88. The van der Waals surface area contributed by atoms with Crippen LogP contribution in [0.1, 0.15) is 13.8 Å². The van der Waals surface area contributed by atoms with Gasteiger partial charge >= 0.3 is 0 Å². The van der Waals surface area contributed by atoms with E-state index in [4.69, 9.17) is 23.7 Å². The van der Waals surface area contributed by atoms with E-state index < -0.39 is 0 Å². The first-order valence-corrected chi connectivity index (χ1v) is 9.71. The van der Waals surface area contributed by atoms with Crippen LogP contribution in [-0.4, -0.2) is 46.1 Å². The average molecular weight is 388 g/mol. The molecular weight excluding hydrogens is 358 g/mol. The van der Waals surface area contributed by atoms with Crippen LogP contribution in [0, 0.1) is 5.92 Å². The number of hydrogen-bond acceptors (Lipinski definition) is 5. The predicted molar refractivity (Wildman–Crippen MR) is 107 cm³/mol. The molecule has 0 unspecified atom stereocenters. The van der Waals surface area contributed by atoms with E-state index in [0.717, 1.165) is 24.6 Å². The normalized spacial score (nSPS) is 18.0. The molecule has 1 aliphatic rings. The summed E-state index contributed by atoms with van der Waals surface area (Å²) in [5, 5.41) is 2.19. The Kier molecular flexibility index (Phi) is 6.87. The second kappa shape index (κ2) is 9.55. The molecule has 0 aromatic heterocycles. The molecular formula is C22H30NO5+. The number of benzene rings is 2. The second-order valence-corrected chi connectivity index (χ2v) is 7.08. The van der Waals surface area contributed by atoms with Crippen LogP contribution in [-0.2, 0) is 0 Å². The molecule has 6 heteroatoms. The van der Waals surface area contributed by atoms with Crippen molar-refractivity contribution in [1.82, 2.24) is 0 Å². The fourth-order valence-corrected chi connectivity index (χ4v) is 3.33. The molecule has 0 spiro atoms. The van der Waals surface area contributed by atoms with Gasteiger partial charge in [0.1, 0.15) is 25.8 Å². The highest BCUT2D eigenvalue weighted by atomic mass is 16.6. The third-order valence-corrected chi connectivity index (χ3v) is 4.76. The summed E-state index contributed by atoms with van der Waals surface area (Å²) in [5.74, 6) is 3.96. The Hall–Kier alpha value is -2.60. The van der Waals surface area contributed by atoms with Gasteiger partial charge in [-0.25, -0.2) is 0 Å². The fraction of sp³-hybridized carbons (Fsp3) is 0.455. The summed E-state index contributed by atoms with van der Waals surface area (Å²) < 4.78 is 29.0. The van der Waals surface area contributed by atoms with Crippen LogP contribution < -0.4 is 29.0 Å². The van der Waals surface area contributed by atoms with E-state index in [2.05, 4.69) is 19.2 Å². The molecule has 3 rings (SSSR count). The summed E-state index contributed by atoms with van der Waals surface area (Å²) in [6.07, 6.45) is 0.0251. The Morgan fingerprint density at radius 2 is 1.57 bits per heavy atom. The highest BCUT2D eigenvalue weighted by molar-refractivity contribution is 5.51. The first kappa shape index (κ1) is 20.1. The van der Waals surface area contributed by atoms with Crippen molar-refractivity contribution in [3.05, 3.63) is 42.5 Å². The highest BCUT2D eigenvalue weighted by Crippen LogP contribution is 2.37. The van der Waals surface area contributed by atoms with Crippen LogP contribution in [0.5, 0.6) is 28.7 Å². The molecule has 0 fully saturated rings. The monoisotopic (exact) mass is 388 g/mol. The lowest BCUT2D eigenvalue weighted by Gasteiger charge is -2.35. The third-order valence-electron chi connectivity index (χ3n) is 4.76. The number of para-hydroxylation sites is 3. The zero-order chi connectivity index (χ0) is 19.9. The van der Waals surface area contributed by atoms with Gasteiger partial charge in [-0.2, -0.15) is 0 Å². The van der Waals surface area contributed by atoms with Gasteiger partial charge in [0, 0.05) is 0 Å². The molecule has 0 bridgehead atoms. The Balaban J connectivity index is 1.52. The van der Waals surface area contributed by atoms with Crippen LogP contribution in [0.3, 0.4) is 0 Å². The Morgan fingerprint density at radius 3 is 2.18 bits per heavy atom. The molecule has 28 heavy (non-hydrogen) atoms. The van der Waals surface area contributed by atoms with Gasteiger partial charge in [0.25, 0.3) is 0 Å². The van der Waals surface area contributed by atoms with Crippen molar-refractivity contribution in [3.63, 3.8) is 0 Å². The maximum absolute atomic E-state index is 6.21. The molecule has 0 saturated carbocycles. The van der Waals surface area contributed by atoms with Gasteiger partial charge in [0.15, 0.2) is 29.1 Å². The number of rotatable bonds is 9. The third kappa shape index (κ3) is 4.62. The van der Waals surface area contributed by atoms with Crippen LogP contribution in [0.15, 0.2) is 42.5 Å². The summed E-state index contributed by atoms with van der Waals surface area (Å²) in [7, 11) is 3.25. The quantitative estimate of drug-likeness (QED) is 0.669. The zero-order valence-electron chi connectivity index (χ0n) is 17.0. The summed E-state index contributed by atoms with van der Waals surface area (Å²) in [6.45, 7) is 6.43. The number of fused-ring (bicyclic) bond motifs is 1. The van der Waals surface area contributed by atoms with Gasteiger partial charge in [-0.15, -0.1) is 0 Å². The molecule has 2 aromatic carbocycles. The largest absolute Gasteiger partial charge is 0.493 e. The molecule has 152 valence electrons. The molecule has 1 heterocycles. The molecule has 0 amide bonds. The maximum Gasteiger partial charge on any atom is 0.203 e. The van der Waals surface area contributed by atoms with Gasteiger partial charge < -0.3 is 29.0 Å². The van der Waals surface area contributed by atoms with Crippen LogP contribution in [0.4, 0.5) is 0 Å². The first-order chi connectivity index (χ1) is 13.6. The average Bonchev–Trinajstić information content (AvgIpc) is 2.72. The Morgan fingerprint density at radius 1 is 0.929 bits per heavy atom. The van der Waals surface area contributed by atoms with Crippen molar-refractivity contribution in [3.8, 4) is 28.7 Å². The molecule has 2 atom stereocenters. The van der Waals surface area contributed by atoms with Crippen LogP contribution >= 0.6 is 0 Å². The topological polar surface area (TPSA) is 62.8 Å². The minimum atomic E-state index is -0.00398. The van der Waals surface area contributed by atoms with Crippen molar-refractivity contribution >= 4 is 0 Å². The Labute approximate surface area is 166 Å². The molecule has 0 saturated heterocycles. The number of ether oxygens (including phenoxy) is 5. The van der Waals surface area contributed by atoms with Crippen molar-refractivity contribution in [2.75, 3.05) is 33.9 Å². The molecule has 2 aromatic rings. The summed E-state index contributed by atoms with van der Waals surface area (Å²) in [5.41, 5.74) is 0. The van der Waals surface area contributed by atoms with E-state index in [0.29, 0.717) is 29.8 Å². The SMILES string of the molecule is COc1cccc(OC)c1OCC[NH2+]C[C@H]1Oc2ccccc2O[C@H]1C(C)C. The molecule has 2 N–H and O–H groups in total. The van der Waals surface area contributed by atoms with Crippen molar-refractivity contribution < 1.29 is 29.0 Å². The standard InChI is InChI=1S/C22H29NO5/c1-15(2)21-20(27-16-8-5-6-9-17(16)28-21)14-23-12-13-26-22-18(24-3)10-7-11-19(22)25-4/h5-11,15,20-21,23H,12-14H2,1-4H3/p+1/t20-,21+/m1/s1. The van der Waals surface area contributed by atoms with Gasteiger partial charge in [0.05, 0.1) is 14.2 Å². The van der Waals surface area contributed by atoms with E-state index in [1.54, 1.807) is 14.2 Å². The van der Waals surface area contributed by atoms with Crippen molar-refractivity contribution in [2.45, 2.75) is 26.1 Å². The first-order valence-electron chi connectivity index (χ1n) is 9.71. The predicted octanol–water partition coefficient (Wildman–Crippen LogP) is 2.51. The minimum Gasteiger partial charge on any atom is -0.493 e. The van der Waals surface area contributed by atoms with Crippen molar-refractivity contribution in [1.29, 1.82) is 0 Å². The van der Waals surface area contributed by atoms with E-state index >= 15 is 0 Å². The lowest BCUT2D eigenvalue weighted by atomic mass is 10.00. The van der Waals surface area contributed by atoms with E-state index in [9.17, 15) is 0 Å². The molecule has 0 radical (unpaired) electrons. The summed E-state index contributed by atoms with van der Waals surface area (Å²) >= 11 is 0. The van der Waals surface area contributed by atoms with E-state index in [1.165, 1.54) is 0 Å². The zero-order valence-corrected chi connectivity index (χ0v) is 17.0. The van der Waals surface area contributed by atoms with Gasteiger partial charge in [-0.1, -0.05) is 32.0 Å². The van der Waals surface area contributed by atoms with Gasteiger partial charge in [-0.05, 0) is 30.2 Å². The number of methoxy groups -OCH3 is 2.